The molecule has 0 amide bonds. The largest absolute Gasteiger partial charge is 0.398 e. The molecule has 0 radical (unpaired) electrons. The highest BCUT2D eigenvalue weighted by molar-refractivity contribution is 6.33. The number of hydrogen-bond acceptors (Lipinski definition) is 3. The highest BCUT2D eigenvalue weighted by Crippen LogP contribution is 2.26. The van der Waals surface area contributed by atoms with Crippen molar-refractivity contribution in [3.05, 3.63) is 28.8 Å². The third-order valence-electron chi connectivity index (χ3n) is 4.08. The van der Waals surface area contributed by atoms with Gasteiger partial charge in [-0.2, -0.15) is 0 Å². The Hall–Kier alpha value is -0.770. The van der Waals surface area contributed by atoms with Gasteiger partial charge in [0.2, 0.25) is 0 Å². The second-order valence-electron chi connectivity index (χ2n) is 6.77. The Labute approximate surface area is 127 Å². The van der Waals surface area contributed by atoms with Crippen LogP contribution in [0.3, 0.4) is 0 Å². The third kappa shape index (κ3) is 3.46. The first kappa shape index (κ1) is 15.6. The number of anilines is 1. The summed E-state index contributed by atoms with van der Waals surface area (Å²) >= 11 is 6.29. The van der Waals surface area contributed by atoms with E-state index in [1.807, 2.05) is 12.1 Å². The molecule has 0 aromatic heterocycles. The van der Waals surface area contributed by atoms with E-state index in [0.717, 1.165) is 31.7 Å². The Morgan fingerprint density at radius 1 is 1.30 bits per heavy atom. The molecular weight excluding hydrogens is 270 g/mol. The van der Waals surface area contributed by atoms with Crippen LogP contribution in [-0.4, -0.2) is 41.0 Å². The van der Waals surface area contributed by atoms with Crippen molar-refractivity contribution in [2.75, 3.05) is 25.4 Å². The van der Waals surface area contributed by atoms with Crippen molar-refractivity contribution in [3.8, 4) is 0 Å². The molecule has 4 heteroatoms. The summed E-state index contributed by atoms with van der Waals surface area (Å²) in [5.41, 5.74) is 7.91. The van der Waals surface area contributed by atoms with E-state index in [0.29, 0.717) is 16.8 Å². The second-order valence-corrected chi connectivity index (χ2v) is 7.15. The van der Waals surface area contributed by atoms with E-state index in [2.05, 4.69) is 43.6 Å². The first-order valence-corrected chi connectivity index (χ1v) is 7.69. The van der Waals surface area contributed by atoms with E-state index in [1.54, 1.807) is 0 Å². The number of piperazine rings is 1. The molecule has 1 saturated heterocycles. The van der Waals surface area contributed by atoms with Gasteiger partial charge in [-0.3, -0.25) is 9.80 Å². The van der Waals surface area contributed by atoms with E-state index in [9.17, 15) is 0 Å². The van der Waals surface area contributed by atoms with Crippen LogP contribution in [0.15, 0.2) is 18.2 Å². The maximum absolute atomic E-state index is 6.29. The fourth-order valence-corrected chi connectivity index (χ4v) is 3.32. The Morgan fingerprint density at radius 3 is 2.60 bits per heavy atom. The van der Waals surface area contributed by atoms with Gasteiger partial charge < -0.3 is 5.73 Å². The lowest BCUT2D eigenvalue weighted by Gasteiger charge is -2.47. The molecule has 0 aliphatic carbocycles. The minimum atomic E-state index is 0.236. The highest BCUT2D eigenvalue weighted by Gasteiger charge is 2.31. The molecule has 112 valence electrons. The molecule has 20 heavy (non-hydrogen) atoms. The molecule has 1 aliphatic heterocycles. The first-order chi connectivity index (χ1) is 9.29. The van der Waals surface area contributed by atoms with Crippen LogP contribution in [0.2, 0.25) is 5.02 Å². The lowest BCUT2D eigenvalue weighted by atomic mass is 10.0. The molecular formula is C16H26ClN3. The molecule has 1 aromatic rings. The van der Waals surface area contributed by atoms with Crippen LogP contribution in [0.4, 0.5) is 5.69 Å². The summed E-state index contributed by atoms with van der Waals surface area (Å²) in [6.45, 7) is 13.3. The summed E-state index contributed by atoms with van der Waals surface area (Å²) in [4.78, 5) is 5.04. The van der Waals surface area contributed by atoms with Crippen LogP contribution in [0.5, 0.6) is 0 Å². The zero-order chi connectivity index (χ0) is 14.9. The third-order valence-corrected chi connectivity index (χ3v) is 4.54. The van der Waals surface area contributed by atoms with Gasteiger partial charge in [0, 0.05) is 37.8 Å². The molecule has 0 bridgehead atoms. The highest BCUT2D eigenvalue weighted by atomic mass is 35.5. The van der Waals surface area contributed by atoms with Gasteiger partial charge in [-0.15, -0.1) is 0 Å². The van der Waals surface area contributed by atoms with Gasteiger partial charge in [-0.1, -0.05) is 23.7 Å². The van der Waals surface area contributed by atoms with Crippen LogP contribution in [0.1, 0.15) is 33.3 Å². The van der Waals surface area contributed by atoms with Gasteiger partial charge in [0.1, 0.15) is 0 Å². The molecule has 1 aliphatic rings. The molecule has 0 unspecified atom stereocenters. The molecule has 1 fully saturated rings. The Kier molecular flexibility index (Phi) is 4.62. The molecule has 3 nitrogen and oxygen atoms in total. The van der Waals surface area contributed by atoms with Crippen LogP contribution in [-0.2, 0) is 6.54 Å². The molecule has 2 N–H and O–H groups in total. The smallest absolute Gasteiger partial charge is 0.0680 e. The summed E-state index contributed by atoms with van der Waals surface area (Å²) in [7, 11) is 0. The first-order valence-electron chi connectivity index (χ1n) is 7.31. The van der Waals surface area contributed by atoms with Crippen LogP contribution < -0.4 is 5.73 Å². The Morgan fingerprint density at radius 2 is 2.00 bits per heavy atom. The average Bonchev–Trinajstić information content (AvgIpc) is 2.33. The van der Waals surface area contributed by atoms with E-state index in [-0.39, 0.29) is 5.54 Å². The fraction of sp³-hybridized carbons (Fsp3) is 0.625. The average molecular weight is 296 g/mol. The normalized spacial score (nSPS) is 22.1. The topological polar surface area (TPSA) is 32.5 Å². The molecule has 1 atom stereocenters. The molecule has 0 spiro atoms. The van der Waals surface area contributed by atoms with Crippen molar-refractivity contribution < 1.29 is 0 Å². The maximum Gasteiger partial charge on any atom is 0.0680 e. The number of nitrogens with zero attached hydrogens (tertiary/aromatic N) is 2. The van der Waals surface area contributed by atoms with Gasteiger partial charge in [0.05, 0.1) is 10.7 Å². The van der Waals surface area contributed by atoms with Crippen molar-refractivity contribution in [1.82, 2.24) is 9.80 Å². The molecule has 2 rings (SSSR count). The van der Waals surface area contributed by atoms with Crippen molar-refractivity contribution >= 4 is 17.3 Å². The summed E-state index contributed by atoms with van der Waals surface area (Å²) in [5.74, 6) is 0. The van der Waals surface area contributed by atoms with Gasteiger partial charge in [-0.05, 0) is 39.3 Å². The van der Waals surface area contributed by atoms with E-state index >= 15 is 0 Å². The number of rotatable bonds is 2. The van der Waals surface area contributed by atoms with Crippen molar-refractivity contribution in [2.45, 2.75) is 45.8 Å². The summed E-state index contributed by atoms with van der Waals surface area (Å²) < 4.78 is 0. The Bertz CT molecular complexity index is 467. The van der Waals surface area contributed by atoms with E-state index < -0.39 is 0 Å². The zero-order valence-corrected chi connectivity index (χ0v) is 13.7. The van der Waals surface area contributed by atoms with Gasteiger partial charge in [0.25, 0.3) is 0 Å². The predicted octanol–water partition coefficient (Wildman–Crippen LogP) is 3.23. The molecule has 0 saturated carbocycles. The van der Waals surface area contributed by atoms with E-state index in [1.165, 1.54) is 0 Å². The SMILES string of the molecule is C[C@H]1CN(Cc2cccc(N)c2Cl)CCN1C(C)(C)C. The standard InChI is InChI=1S/C16H26ClN3/c1-12-10-19(8-9-20(12)16(2,3)4)11-13-6-5-7-14(18)15(13)17/h5-7,12H,8-11,18H2,1-4H3/t12-/m0/s1. The van der Waals surface area contributed by atoms with Gasteiger partial charge in [0.15, 0.2) is 0 Å². The Balaban J connectivity index is 2.02. The van der Waals surface area contributed by atoms with Gasteiger partial charge in [-0.25, -0.2) is 0 Å². The lowest BCUT2D eigenvalue weighted by Crippen LogP contribution is -2.57. The van der Waals surface area contributed by atoms with Crippen molar-refractivity contribution in [2.24, 2.45) is 0 Å². The summed E-state index contributed by atoms with van der Waals surface area (Å²) in [6.07, 6.45) is 0. The van der Waals surface area contributed by atoms with Gasteiger partial charge >= 0.3 is 0 Å². The van der Waals surface area contributed by atoms with Crippen molar-refractivity contribution in [3.63, 3.8) is 0 Å². The van der Waals surface area contributed by atoms with Crippen molar-refractivity contribution in [1.29, 1.82) is 0 Å². The van der Waals surface area contributed by atoms with E-state index in [4.69, 9.17) is 17.3 Å². The summed E-state index contributed by atoms with van der Waals surface area (Å²) in [6, 6.07) is 6.46. The number of nitrogens with two attached hydrogens (primary N) is 1. The van der Waals surface area contributed by atoms with Crippen LogP contribution in [0, 0.1) is 0 Å². The maximum atomic E-state index is 6.29. The van der Waals surface area contributed by atoms with Crippen LogP contribution >= 0.6 is 11.6 Å². The quantitative estimate of drug-likeness (QED) is 0.850. The second kappa shape index (κ2) is 5.92. The fourth-order valence-electron chi connectivity index (χ4n) is 3.14. The summed E-state index contributed by atoms with van der Waals surface area (Å²) in [5, 5.41) is 0.707. The minimum absolute atomic E-state index is 0.236. The molecule has 1 heterocycles. The number of hydrogen-bond donors (Lipinski definition) is 1. The lowest BCUT2D eigenvalue weighted by molar-refractivity contribution is 0.0152. The monoisotopic (exact) mass is 295 g/mol. The predicted molar refractivity (Wildman–Crippen MR) is 87.1 cm³/mol. The minimum Gasteiger partial charge on any atom is -0.398 e. The number of halogens is 1. The zero-order valence-electron chi connectivity index (χ0n) is 13.0. The number of benzene rings is 1. The molecule has 1 aromatic carbocycles. The van der Waals surface area contributed by atoms with Crippen LogP contribution in [0.25, 0.3) is 0 Å². The number of nitrogen functional groups attached to an aromatic ring is 1.